The molecule has 0 aliphatic heterocycles. The Kier molecular flexibility index (Phi) is 3.95. The van der Waals surface area contributed by atoms with Crippen LogP contribution in [0.1, 0.15) is 5.56 Å². The van der Waals surface area contributed by atoms with Crippen molar-refractivity contribution in [2.75, 3.05) is 0 Å². The number of rotatable bonds is 4. The van der Waals surface area contributed by atoms with Crippen molar-refractivity contribution in [3.05, 3.63) is 81.4 Å². The van der Waals surface area contributed by atoms with Crippen molar-refractivity contribution in [1.29, 1.82) is 0 Å². The summed E-state index contributed by atoms with van der Waals surface area (Å²) < 4.78 is 24.5. The molecule has 2 rings (SSSR count). The van der Waals surface area contributed by atoms with Gasteiger partial charge in [0.15, 0.2) is 0 Å². The summed E-state index contributed by atoms with van der Waals surface area (Å²) in [6.45, 7) is 0. The zero-order valence-corrected chi connectivity index (χ0v) is 11.2. The molecule has 6 heteroatoms. The summed E-state index contributed by atoms with van der Waals surface area (Å²) in [6, 6.07) is 15.7. The van der Waals surface area contributed by atoms with E-state index in [4.69, 9.17) is 0 Å². The summed E-state index contributed by atoms with van der Waals surface area (Å²) >= 11 is 0. The third-order valence-electron chi connectivity index (χ3n) is 2.60. The van der Waals surface area contributed by atoms with E-state index < -0.39 is 19.8 Å². The van der Waals surface area contributed by atoms with Crippen LogP contribution in [0.3, 0.4) is 0 Å². The Morgan fingerprint density at radius 2 is 1.45 bits per heavy atom. The number of sulfone groups is 1. The molecule has 0 unspecified atom stereocenters. The van der Waals surface area contributed by atoms with Crippen molar-refractivity contribution in [2.24, 2.45) is 0 Å². The van der Waals surface area contributed by atoms with Crippen LogP contribution in [-0.4, -0.2) is 13.3 Å². The first-order chi connectivity index (χ1) is 9.51. The van der Waals surface area contributed by atoms with E-state index in [1.165, 1.54) is 24.3 Å². The lowest BCUT2D eigenvalue weighted by molar-refractivity contribution is -0.410. The molecule has 5 nitrogen and oxygen atoms in total. The van der Waals surface area contributed by atoms with Crippen molar-refractivity contribution >= 4 is 15.9 Å². The molecule has 2 aromatic carbocycles. The maximum Gasteiger partial charge on any atom is 0.364 e. The van der Waals surface area contributed by atoms with Gasteiger partial charge in [-0.05, 0) is 17.7 Å². The molecular formula is C14H11NO4S. The lowest BCUT2D eigenvalue weighted by Gasteiger charge is -2.02. The van der Waals surface area contributed by atoms with E-state index in [-0.39, 0.29) is 4.90 Å². The summed E-state index contributed by atoms with van der Waals surface area (Å²) in [4.78, 5) is 10.1. The fourth-order valence-electron chi connectivity index (χ4n) is 1.64. The minimum absolute atomic E-state index is 0.0983. The van der Waals surface area contributed by atoms with Gasteiger partial charge in [0, 0.05) is 6.08 Å². The molecule has 0 saturated carbocycles. The molecular weight excluding hydrogens is 278 g/mol. The molecule has 0 N–H and O–H groups in total. The molecule has 0 aromatic heterocycles. The number of hydrogen-bond acceptors (Lipinski definition) is 4. The molecule has 0 radical (unpaired) electrons. The summed E-state index contributed by atoms with van der Waals surface area (Å²) in [5.74, 6) is 0. The molecule has 20 heavy (non-hydrogen) atoms. The van der Waals surface area contributed by atoms with Crippen molar-refractivity contribution in [3.8, 4) is 0 Å². The number of nitrogens with zero attached hydrogens (tertiary/aromatic N) is 1. The zero-order valence-electron chi connectivity index (χ0n) is 10.3. The molecule has 0 atom stereocenters. The Bertz CT molecular complexity index is 737. The Balaban J connectivity index is 2.56. The van der Waals surface area contributed by atoms with Gasteiger partial charge in [-0.15, -0.1) is 0 Å². The number of benzene rings is 2. The average Bonchev–Trinajstić information content (AvgIpc) is 2.46. The largest absolute Gasteiger partial charge is 0.364 e. The smallest absolute Gasteiger partial charge is 0.258 e. The minimum atomic E-state index is -4.14. The van der Waals surface area contributed by atoms with Gasteiger partial charge in [0.05, 0.1) is 9.82 Å². The average molecular weight is 289 g/mol. The van der Waals surface area contributed by atoms with Crippen molar-refractivity contribution in [3.63, 3.8) is 0 Å². The Hall–Kier alpha value is -2.47. The second-order valence-corrected chi connectivity index (χ2v) is 5.86. The van der Waals surface area contributed by atoms with Gasteiger partial charge in [-0.2, -0.15) is 0 Å². The van der Waals surface area contributed by atoms with Gasteiger partial charge < -0.3 is 0 Å². The first kappa shape index (κ1) is 14.0. The third-order valence-corrected chi connectivity index (χ3v) is 4.31. The van der Waals surface area contributed by atoms with Crippen molar-refractivity contribution < 1.29 is 13.3 Å². The summed E-state index contributed by atoms with van der Waals surface area (Å²) in [7, 11) is -4.14. The molecule has 102 valence electrons. The normalized spacial score (nSPS) is 12.1. The maximum atomic E-state index is 12.3. The first-order valence-electron chi connectivity index (χ1n) is 5.73. The summed E-state index contributed by atoms with van der Waals surface area (Å²) in [5.41, 5.74) is 0.457. The quantitative estimate of drug-likeness (QED) is 0.640. The zero-order chi connectivity index (χ0) is 14.6. The van der Waals surface area contributed by atoms with Crippen LogP contribution in [0.25, 0.3) is 6.08 Å². The molecule has 0 spiro atoms. The van der Waals surface area contributed by atoms with Gasteiger partial charge in [0.1, 0.15) is 0 Å². The van der Waals surface area contributed by atoms with E-state index in [0.29, 0.717) is 5.56 Å². The fraction of sp³-hybridized carbons (Fsp3) is 0. The van der Waals surface area contributed by atoms with Crippen LogP contribution >= 0.6 is 0 Å². The standard InChI is InChI=1S/C14H11NO4S/c16-15(17)14(11-12-7-3-1-4-8-12)20(18,19)13-9-5-2-6-10-13/h1-11H/b14-11+. The van der Waals surface area contributed by atoms with E-state index in [2.05, 4.69) is 0 Å². The molecule has 0 amide bonds. The van der Waals surface area contributed by atoms with Gasteiger partial charge >= 0.3 is 5.03 Å². The highest BCUT2D eigenvalue weighted by atomic mass is 32.2. The highest BCUT2D eigenvalue weighted by molar-refractivity contribution is 7.95. The molecule has 0 aliphatic rings. The monoisotopic (exact) mass is 289 g/mol. The van der Waals surface area contributed by atoms with Crippen LogP contribution < -0.4 is 0 Å². The highest BCUT2D eigenvalue weighted by Crippen LogP contribution is 2.21. The Morgan fingerprint density at radius 3 is 1.95 bits per heavy atom. The van der Waals surface area contributed by atoms with E-state index in [1.807, 2.05) is 0 Å². The second-order valence-electron chi connectivity index (χ2n) is 3.97. The van der Waals surface area contributed by atoms with Crippen molar-refractivity contribution in [2.45, 2.75) is 4.90 Å². The van der Waals surface area contributed by atoms with Crippen LogP contribution in [0.2, 0.25) is 0 Å². The second kappa shape index (κ2) is 5.66. The molecule has 0 saturated heterocycles. The van der Waals surface area contributed by atoms with E-state index in [9.17, 15) is 18.5 Å². The Labute approximate surface area is 116 Å². The molecule has 2 aromatic rings. The molecule has 0 bridgehead atoms. The maximum absolute atomic E-state index is 12.3. The minimum Gasteiger partial charge on any atom is -0.258 e. The highest BCUT2D eigenvalue weighted by Gasteiger charge is 2.31. The lowest BCUT2D eigenvalue weighted by Crippen LogP contribution is -2.12. The van der Waals surface area contributed by atoms with Gasteiger partial charge in [-0.1, -0.05) is 48.5 Å². The van der Waals surface area contributed by atoms with Crippen LogP contribution in [0.5, 0.6) is 0 Å². The predicted molar refractivity (Wildman–Crippen MR) is 75.0 cm³/mol. The van der Waals surface area contributed by atoms with Crippen LogP contribution in [-0.2, 0) is 9.84 Å². The third kappa shape index (κ3) is 2.92. The van der Waals surface area contributed by atoms with E-state index >= 15 is 0 Å². The van der Waals surface area contributed by atoms with E-state index in [0.717, 1.165) is 6.08 Å². The van der Waals surface area contributed by atoms with Crippen LogP contribution in [0.4, 0.5) is 0 Å². The SMILES string of the molecule is O=[N+]([O-])/C(=C\c1ccccc1)S(=O)(=O)c1ccccc1. The summed E-state index contributed by atoms with van der Waals surface area (Å²) in [6.07, 6.45) is 1.06. The van der Waals surface area contributed by atoms with Gasteiger partial charge in [-0.25, -0.2) is 8.42 Å². The van der Waals surface area contributed by atoms with Crippen molar-refractivity contribution in [1.82, 2.24) is 0 Å². The first-order valence-corrected chi connectivity index (χ1v) is 7.21. The van der Waals surface area contributed by atoms with Gasteiger partial charge in [0.25, 0.3) is 9.84 Å². The molecule has 0 fully saturated rings. The molecule has 0 aliphatic carbocycles. The van der Waals surface area contributed by atoms with Gasteiger partial charge in [0.2, 0.25) is 0 Å². The van der Waals surface area contributed by atoms with Crippen LogP contribution in [0.15, 0.2) is 70.6 Å². The Morgan fingerprint density at radius 1 is 0.950 bits per heavy atom. The van der Waals surface area contributed by atoms with Crippen LogP contribution in [0, 0.1) is 10.1 Å². The lowest BCUT2D eigenvalue weighted by atomic mass is 10.2. The van der Waals surface area contributed by atoms with E-state index in [1.54, 1.807) is 36.4 Å². The fourth-order valence-corrected chi connectivity index (χ4v) is 2.89. The number of nitro groups is 1. The topological polar surface area (TPSA) is 77.3 Å². The predicted octanol–water partition coefficient (Wildman–Crippen LogP) is 2.74. The van der Waals surface area contributed by atoms with Gasteiger partial charge in [-0.3, -0.25) is 10.1 Å². The number of hydrogen-bond donors (Lipinski definition) is 0. The summed E-state index contributed by atoms with van der Waals surface area (Å²) in [5, 5.41) is 10.2. The molecule has 0 heterocycles.